The normalized spacial score (nSPS) is 17.4. The summed E-state index contributed by atoms with van der Waals surface area (Å²) in [7, 11) is 0. The Kier molecular flexibility index (Phi) is 4.79. The number of piperidine rings is 1. The predicted molar refractivity (Wildman–Crippen MR) is 103 cm³/mol. The Morgan fingerprint density at radius 1 is 1.22 bits per heavy atom. The maximum atomic E-state index is 12.7. The third-order valence-electron chi connectivity index (χ3n) is 5.25. The van der Waals surface area contributed by atoms with Gasteiger partial charge in [-0.25, -0.2) is 4.98 Å². The number of amides is 1. The van der Waals surface area contributed by atoms with Crippen LogP contribution in [0.5, 0.6) is 0 Å². The standard InChI is InChI=1S/C21H23N3O3/c1-15-6-4-10-20(26)24(15)13-11-19(25)23-12-5-7-16(14-23)21-22-17-8-2-3-9-18(17)27-21/h2-4,6,8-10,16H,5,7,11-14H2,1H3. The van der Waals surface area contributed by atoms with Crippen LogP contribution in [0.1, 0.15) is 36.8 Å². The first-order valence-electron chi connectivity index (χ1n) is 9.41. The zero-order chi connectivity index (χ0) is 18.8. The molecule has 6 nitrogen and oxygen atoms in total. The molecule has 1 aromatic carbocycles. The van der Waals surface area contributed by atoms with E-state index in [1.807, 2.05) is 42.2 Å². The van der Waals surface area contributed by atoms with Crippen LogP contribution < -0.4 is 5.56 Å². The van der Waals surface area contributed by atoms with Crippen LogP contribution in [0.4, 0.5) is 0 Å². The van der Waals surface area contributed by atoms with Crippen molar-refractivity contribution in [2.24, 2.45) is 0 Å². The Hall–Kier alpha value is -2.89. The number of rotatable bonds is 4. The van der Waals surface area contributed by atoms with Crippen LogP contribution in [0.25, 0.3) is 11.1 Å². The molecule has 0 radical (unpaired) electrons. The molecule has 1 unspecified atom stereocenters. The highest BCUT2D eigenvalue weighted by molar-refractivity contribution is 5.76. The fourth-order valence-corrected chi connectivity index (χ4v) is 3.75. The first kappa shape index (κ1) is 17.5. The average molecular weight is 365 g/mol. The van der Waals surface area contributed by atoms with Gasteiger partial charge in [-0.15, -0.1) is 0 Å². The molecule has 1 amide bonds. The second-order valence-electron chi connectivity index (χ2n) is 7.11. The number of aryl methyl sites for hydroxylation is 1. The zero-order valence-electron chi connectivity index (χ0n) is 15.4. The largest absolute Gasteiger partial charge is 0.440 e. The first-order valence-corrected chi connectivity index (χ1v) is 9.41. The van der Waals surface area contributed by atoms with Crippen LogP contribution in [0.3, 0.4) is 0 Å². The second kappa shape index (κ2) is 7.39. The van der Waals surface area contributed by atoms with Crippen LogP contribution >= 0.6 is 0 Å². The van der Waals surface area contributed by atoms with E-state index in [4.69, 9.17) is 4.42 Å². The number of oxazole rings is 1. The number of benzene rings is 1. The molecule has 1 aliphatic rings. The summed E-state index contributed by atoms with van der Waals surface area (Å²) in [6.07, 6.45) is 2.22. The fraction of sp³-hybridized carbons (Fsp3) is 0.381. The minimum absolute atomic E-state index is 0.0641. The summed E-state index contributed by atoms with van der Waals surface area (Å²) < 4.78 is 7.55. The number of hydrogen-bond acceptors (Lipinski definition) is 4. The summed E-state index contributed by atoms with van der Waals surface area (Å²) in [5.74, 6) is 0.908. The number of likely N-dealkylation sites (tertiary alicyclic amines) is 1. The van der Waals surface area contributed by atoms with Crippen LogP contribution in [-0.4, -0.2) is 33.4 Å². The van der Waals surface area contributed by atoms with E-state index in [-0.39, 0.29) is 17.4 Å². The van der Waals surface area contributed by atoms with E-state index >= 15 is 0 Å². The molecular formula is C21H23N3O3. The summed E-state index contributed by atoms with van der Waals surface area (Å²) in [5.41, 5.74) is 2.45. The molecule has 0 aliphatic carbocycles. The van der Waals surface area contributed by atoms with E-state index in [2.05, 4.69) is 4.98 Å². The number of hydrogen-bond donors (Lipinski definition) is 0. The smallest absolute Gasteiger partial charge is 0.250 e. The predicted octanol–water partition coefficient (Wildman–Crippen LogP) is 3.09. The zero-order valence-corrected chi connectivity index (χ0v) is 15.4. The first-order chi connectivity index (χ1) is 13.1. The topological polar surface area (TPSA) is 68.3 Å². The van der Waals surface area contributed by atoms with Gasteiger partial charge in [-0.3, -0.25) is 9.59 Å². The van der Waals surface area contributed by atoms with Crippen molar-refractivity contribution < 1.29 is 9.21 Å². The molecule has 0 saturated carbocycles. The Morgan fingerprint density at radius 2 is 2.07 bits per heavy atom. The van der Waals surface area contributed by atoms with E-state index < -0.39 is 0 Å². The highest BCUT2D eigenvalue weighted by Crippen LogP contribution is 2.29. The maximum absolute atomic E-state index is 12.7. The minimum atomic E-state index is -0.0641. The summed E-state index contributed by atoms with van der Waals surface area (Å²) in [4.78, 5) is 31.1. The quantitative estimate of drug-likeness (QED) is 0.712. The highest BCUT2D eigenvalue weighted by Gasteiger charge is 2.28. The maximum Gasteiger partial charge on any atom is 0.250 e. The number of nitrogens with zero attached hydrogens (tertiary/aromatic N) is 3. The molecule has 3 heterocycles. The summed E-state index contributed by atoms with van der Waals surface area (Å²) >= 11 is 0. The molecule has 3 aromatic rings. The van der Waals surface area contributed by atoms with Crippen molar-refractivity contribution in [2.75, 3.05) is 13.1 Å². The number of aromatic nitrogens is 2. The van der Waals surface area contributed by atoms with Gasteiger partial charge in [0.25, 0.3) is 5.56 Å². The molecule has 2 aromatic heterocycles. The lowest BCUT2D eigenvalue weighted by Crippen LogP contribution is -2.40. The van der Waals surface area contributed by atoms with Crippen LogP contribution in [0, 0.1) is 6.92 Å². The van der Waals surface area contributed by atoms with Crippen molar-refractivity contribution in [3.63, 3.8) is 0 Å². The van der Waals surface area contributed by atoms with Gasteiger partial charge in [0.1, 0.15) is 5.52 Å². The number of carbonyl (C=O) groups excluding carboxylic acids is 1. The van der Waals surface area contributed by atoms with Gasteiger partial charge in [0.05, 0.1) is 5.92 Å². The van der Waals surface area contributed by atoms with Crippen LogP contribution in [-0.2, 0) is 11.3 Å². The molecule has 0 spiro atoms. The Bertz CT molecular complexity index is 988. The van der Waals surface area contributed by atoms with Gasteiger partial charge in [-0.2, -0.15) is 0 Å². The molecule has 0 bridgehead atoms. The van der Waals surface area contributed by atoms with Gasteiger partial charge in [-0.1, -0.05) is 18.2 Å². The van der Waals surface area contributed by atoms with E-state index in [0.29, 0.717) is 25.4 Å². The van der Waals surface area contributed by atoms with Gasteiger partial charge in [-0.05, 0) is 38.0 Å². The average Bonchev–Trinajstić information content (AvgIpc) is 3.12. The van der Waals surface area contributed by atoms with E-state index in [0.717, 1.165) is 36.2 Å². The van der Waals surface area contributed by atoms with Gasteiger partial charge >= 0.3 is 0 Å². The van der Waals surface area contributed by atoms with E-state index in [1.165, 1.54) is 6.07 Å². The molecule has 1 saturated heterocycles. The highest BCUT2D eigenvalue weighted by atomic mass is 16.3. The number of fused-ring (bicyclic) bond motifs is 1. The summed E-state index contributed by atoms with van der Waals surface area (Å²) in [6.45, 7) is 3.66. The molecule has 1 atom stereocenters. The Balaban J connectivity index is 1.43. The SMILES string of the molecule is Cc1cccc(=O)n1CCC(=O)N1CCCC(c2nc3ccccc3o2)C1. The Morgan fingerprint density at radius 3 is 2.89 bits per heavy atom. The molecule has 4 rings (SSSR count). The van der Waals surface area contributed by atoms with Gasteiger partial charge in [0.15, 0.2) is 11.5 Å². The third-order valence-corrected chi connectivity index (χ3v) is 5.25. The molecule has 1 fully saturated rings. The molecule has 27 heavy (non-hydrogen) atoms. The molecule has 6 heteroatoms. The van der Waals surface area contributed by atoms with Crippen LogP contribution in [0.15, 0.2) is 51.7 Å². The van der Waals surface area contributed by atoms with Gasteiger partial charge in [0, 0.05) is 37.8 Å². The van der Waals surface area contributed by atoms with Gasteiger partial charge in [0.2, 0.25) is 5.91 Å². The number of carbonyl (C=O) groups is 1. The monoisotopic (exact) mass is 365 g/mol. The fourth-order valence-electron chi connectivity index (χ4n) is 3.75. The van der Waals surface area contributed by atoms with Crippen LogP contribution in [0.2, 0.25) is 0 Å². The molecular weight excluding hydrogens is 342 g/mol. The second-order valence-corrected chi connectivity index (χ2v) is 7.11. The molecule has 140 valence electrons. The van der Waals surface area contributed by atoms with Crippen molar-refractivity contribution in [3.8, 4) is 0 Å². The lowest BCUT2D eigenvalue weighted by atomic mass is 9.97. The van der Waals surface area contributed by atoms with Crippen molar-refractivity contribution in [2.45, 2.75) is 38.6 Å². The molecule has 0 N–H and O–H groups in total. The van der Waals surface area contributed by atoms with Gasteiger partial charge < -0.3 is 13.9 Å². The Labute approximate surface area is 157 Å². The van der Waals surface area contributed by atoms with Crippen molar-refractivity contribution in [1.82, 2.24) is 14.5 Å². The lowest BCUT2D eigenvalue weighted by Gasteiger charge is -2.31. The van der Waals surface area contributed by atoms with E-state index in [9.17, 15) is 9.59 Å². The lowest BCUT2D eigenvalue weighted by molar-refractivity contribution is -0.132. The van der Waals surface area contributed by atoms with Crippen molar-refractivity contribution in [1.29, 1.82) is 0 Å². The summed E-state index contributed by atoms with van der Waals surface area (Å²) in [5, 5.41) is 0. The van der Waals surface area contributed by atoms with Crippen molar-refractivity contribution >= 4 is 17.0 Å². The minimum Gasteiger partial charge on any atom is -0.440 e. The molecule has 1 aliphatic heterocycles. The summed E-state index contributed by atoms with van der Waals surface area (Å²) in [6, 6.07) is 12.9. The number of para-hydroxylation sites is 2. The third kappa shape index (κ3) is 3.65. The van der Waals surface area contributed by atoms with Crippen molar-refractivity contribution in [3.05, 3.63) is 64.4 Å². The number of pyridine rings is 1. The van der Waals surface area contributed by atoms with E-state index in [1.54, 1.807) is 10.6 Å².